The molecule has 0 aliphatic heterocycles. The van der Waals surface area contributed by atoms with Crippen LogP contribution in [0.3, 0.4) is 0 Å². The van der Waals surface area contributed by atoms with Gasteiger partial charge in [0.1, 0.15) is 28.6 Å². The molecule has 3 aromatic heterocycles. The molecule has 0 bridgehead atoms. The van der Waals surface area contributed by atoms with Crippen molar-refractivity contribution >= 4 is 28.7 Å². The second-order valence-electron chi connectivity index (χ2n) is 10.5. The second kappa shape index (κ2) is 12.5. The van der Waals surface area contributed by atoms with Gasteiger partial charge in [-0.1, -0.05) is 24.3 Å². The minimum atomic E-state index is -0.970. The van der Waals surface area contributed by atoms with Crippen LogP contribution in [0.25, 0.3) is 28.0 Å². The first-order valence-corrected chi connectivity index (χ1v) is 14.1. The van der Waals surface area contributed by atoms with Crippen molar-refractivity contribution in [3.05, 3.63) is 120 Å². The lowest BCUT2D eigenvalue weighted by Gasteiger charge is -2.13. The number of anilines is 3. The molecule has 0 saturated heterocycles. The molecule has 0 aliphatic rings. The molecule has 0 spiro atoms. The van der Waals surface area contributed by atoms with E-state index in [4.69, 9.17) is 14.8 Å². The molecule has 226 valence electrons. The van der Waals surface area contributed by atoms with Gasteiger partial charge < -0.3 is 20.3 Å². The van der Waals surface area contributed by atoms with Gasteiger partial charge in [-0.3, -0.25) is 4.79 Å². The number of halogens is 2. The normalized spacial score (nSPS) is 11.2. The molecule has 3 heterocycles. The summed E-state index contributed by atoms with van der Waals surface area (Å²) in [4.78, 5) is 24.3. The molecule has 9 nitrogen and oxygen atoms in total. The smallest absolute Gasteiger partial charge is 0.261 e. The summed E-state index contributed by atoms with van der Waals surface area (Å²) >= 11 is 0. The van der Waals surface area contributed by atoms with E-state index in [9.17, 15) is 13.6 Å². The molecule has 2 N–H and O–H groups in total. The van der Waals surface area contributed by atoms with Crippen LogP contribution < -0.4 is 15.4 Å². The Labute approximate surface area is 258 Å². The number of hydrogen-bond donors (Lipinski definition) is 2. The highest BCUT2D eigenvalue weighted by Gasteiger charge is 2.22. The Hall–Kier alpha value is -5.68. The van der Waals surface area contributed by atoms with E-state index >= 15 is 0 Å². The van der Waals surface area contributed by atoms with E-state index in [2.05, 4.69) is 32.7 Å². The van der Waals surface area contributed by atoms with Gasteiger partial charge >= 0.3 is 0 Å². The lowest BCUT2D eigenvalue weighted by molar-refractivity contribution is 0.101. The van der Waals surface area contributed by atoms with Crippen LogP contribution in [0.2, 0.25) is 0 Å². The molecule has 0 radical (unpaired) electrons. The van der Waals surface area contributed by atoms with Crippen LogP contribution in [0.4, 0.5) is 26.1 Å². The van der Waals surface area contributed by atoms with Gasteiger partial charge in [0, 0.05) is 30.2 Å². The second-order valence-corrected chi connectivity index (χ2v) is 10.5. The van der Waals surface area contributed by atoms with Gasteiger partial charge in [0.15, 0.2) is 0 Å². The van der Waals surface area contributed by atoms with Crippen LogP contribution in [-0.4, -0.2) is 51.6 Å². The highest BCUT2D eigenvalue weighted by molar-refractivity contribution is 6.06. The SMILES string of the molecule is COc1ccc(-c2nn3ccccc3c2-c2ccnc(Nc3cccc(CN(C)C)c3)n2)cc1NC(=O)c1c(F)cccc1F. The summed E-state index contributed by atoms with van der Waals surface area (Å²) in [7, 11) is 5.47. The maximum Gasteiger partial charge on any atom is 0.261 e. The number of nitrogens with zero attached hydrogens (tertiary/aromatic N) is 5. The highest BCUT2D eigenvalue weighted by Crippen LogP contribution is 2.38. The first kappa shape index (κ1) is 29.4. The van der Waals surface area contributed by atoms with Gasteiger partial charge in [0.2, 0.25) is 5.95 Å². The van der Waals surface area contributed by atoms with Gasteiger partial charge in [-0.2, -0.15) is 5.10 Å². The van der Waals surface area contributed by atoms with Crippen LogP contribution in [0.1, 0.15) is 15.9 Å². The number of methoxy groups -OCH3 is 1. The maximum absolute atomic E-state index is 14.4. The van der Waals surface area contributed by atoms with Crippen LogP contribution in [0, 0.1) is 11.6 Å². The Morgan fingerprint density at radius 2 is 1.76 bits per heavy atom. The summed E-state index contributed by atoms with van der Waals surface area (Å²) in [5.74, 6) is -2.17. The van der Waals surface area contributed by atoms with Gasteiger partial charge in [-0.15, -0.1) is 0 Å². The Morgan fingerprint density at radius 3 is 2.53 bits per heavy atom. The molecule has 6 aromatic rings. The average molecular weight is 606 g/mol. The molecule has 0 unspecified atom stereocenters. The fraction of sp³-hybridized carbons (Fsp3) is 0.118. The number of carbonyl (C=O) groups is 1. The first-order valence-electron chi connectivity index (χ1n) is 14.1. The number of aromatic nitrogens is 4. The summed E-state index contributed by atoms with van der Waals surface area (Å²) < 4.78 is 35.9. The number of benzene rings is 3. The predicted molar refractivity (Wildman–Crippen MR) is 170 cm³/mol. The number of pyridine rings is 1. The number of rotatable bonds is 9. The standard InChI is InChI=1S/C34H29F2N7O2/c1-42(2)20-21-8-6-9-23(18-21)38-34-37-16-15-26(40-34)31-28-12-4-5-17-43(28)41-32(31)22-13-14-29(45-3)27(19-22)39-33(44)30-24(35)10-7-11-25(30)36/h4-19H,20H2,1-3H3,(H,39,44)(H,37,38,40). The largest absolute Gasteiger partial charge is 0.495 e. The van der Waals surface area contributed by atoms with Crippen molar-refractivity contribution in [1.82, 2.24) is 24.5 Å². The monoisotopic (exact) mass is 605 g/mol. The molecule has 6 rings (SSSR count). The number of amides is 1. The van der Waals surface area contributed by atoms with Crippen molar-refractivity contribution in [2.45, 2.75) is 6.54 Å². The van der Waals surface area contributed by atoms with E-state index in [0.717, 1.165) is 41.0 Å². The molecular formula is C34H29F2N7O2. The fourth-order valence-electron chi connectivity index (χ4n) is 5.11. The number of hydrogen-bond acceptors (Lipinski definition) is 7. The third-order valence-corrected chi connectivity index (χ3v) is 7.04. The zero-order valence-electron chi connectivity index (χ0n) is 24.8. The molecule has 0 aliphatic carbocycles. The summed E-state index contributed by atoms with van der Waals surface area (Å²) in [6.45, 7) is 0.793. The quantitative estimate of drug-likeness (QED) is 0.187. The lowest BCUT2D eigenvalue weighted by Crippen LogP contribution is -2.16. The predicted octanol–water partition coefficient (Wildman–Crippen LogP) is 6.80. The van der Waals surface area contributed by atoms with Crippen molar-refractivity contribution in [2.75, 3.05) is 31.8 Å². The first-order chi connectivity index (χ1) is 21.8. The molecule has 0 fully saturated rings. The Kier molecular flexibility index (Phi) is 8.17. The maximum atomic E-state index is 14.4. The molecule has 45 heavy (non-hydrogen) atoms. The Balaban J connectivity index is 1.40. The van der Waals surface area contributed by atoms with Crippen molar-refractivity contribution < 1.29 is 18.3 Å². The van der Waals surface area contributed by atoms with Crippen LogP contribution in [0.15, 0.2) is 97.3 Å². The van der Waals surface area contributed by atoms with Gasteiger partial charge in [0.05, 0.1) is 29.6 Å². The van der Waals surface area contributed by atoms with Crippen molar-refractivity contribution in [3.8, 4) is 28.3 Å². The van der Waals surface area contributed by atoms with Crippen molar-refractivity contribution in [3.63, 3.8) is 0 Å². The molecular weight excluding hydrogens is 576 g/mol. The van der Waals surface area contributed by atoms with Crippen LogP contribution in [-0.2, 0) is 6.54 Å². The summed E-state index contributed by atoms with van der Waals surface area (Å²) in [6.07, 6.45) is 3.50. The zero-order chi connectivity index (χ0) is 31.5. The lowest BCUT2D eigenvalue weighted by atomic mass is 10.0. The average Bonchev–Trinajstić information content (AvgIpc) is 3.41. The summed E-state index contributed by atoms with van der Waals surface area (Å²) in [6, 6.07) is 23.9. The van der Waals surface area contributed by atoms with Crippen LogP contribution in [0.5, 0.6) is 5.75 Å². The number of nitrogens with one attached hydrogen (secondary N) is 2. The van der Waals surface area contributed by atoms with E-state index in [1.807, 2.05) is 50.6 Å². The molecule has 0 atom stereocenters. The van der Waals surface area contributed by atoms with Crippen LogP contribution >= 0.6 is 0 Å². The summed E-state index contributed by atoms with van der Waals surface area (Å²) in [5, 5.41) is 10.7. The van der Waals surface area contributed by atoms with Gasteiger partial charge in [-0.05, 0) is 80.3 Å². The van der Waals surface area contributed by atoms with Crippen molar-refractivity contribution in [2.24, 2.45) is 0 Å². The minimum Gasteiger partial charge on any atom is -0.495 e. The fourth-order valence-corrected chi connectivity index (χ4v) is 5.11. The van der Waals surface area contributed by atoms with E-state index in [0.29, 0.717) is 28.6 Å². The Morgan fingerprint density at radius 1 is 0.956 bits per heavy atom. The number of ether oxygens (including phenoxy) is 1. The van der Waals surface area contributed by atoms with E-state index in [-0.39, 0.29) is 5.69 Å². The summed E-state index contributed by atoms with van der Waals surface area (Å²) in [5.41, 5.74) is 4.84. The minimum absolute atomic E-state index is 0.216. The van der Waals surface area contributed by atoms with Crippen molar-refractivity contribution in [1.29, 1.82) is 0 Å². The van der Waals surface area contributed by atoms with E-state index < -0.39 is 23.1 Å². The third kappa shape index (κ3) is 6.20. The molecule has 0 saturated carbocycles. The molecule has 3 aromatic carbocycles. The van der Waals surface area contributed by atoms with E-state index in [1.165, 1.54) is 13.2 Å². The molecule has 11 heteroatoms. The topological polar surface area (TPSA) is 96.7 Å². The third-order valence-electron chi connectivity index (χ3n) is 7.04. The molecule has 1 amide bonds. The van der Waals surface area contributed by atoms with E-state index in [1.54, 1.807) is 35.0 Å². The highest BCUT2D eigenvalue weighted by atomic mass is 19.1. The number of carbonyl (C=O) groups excluding carboxylic acids is 1. The zero-order valence-corrected chi connectivity index (χ0v) is 24.8. The van der Waals surface area contributed by atoms with Gasteiger partial charge in [-0.25, -0.2) is 23.3 Å². The Bertz CT molecular complexity index is 2010. The van der Waals surface area contributed by atoms with Gasteiger partial charge in [0.25, 0.3) is 5.91 Å². The number of fused-ring (bicyclic) bond motifs is 1.